The minimum Gasteiger partial charge on any atom is -0.354 e. The van der Waals surface area contributed by atoms with Crippen molar-refractivity contribution in [3.05, 3.63) is 6.33 Å². The molecule has 2 heterocycles. The van der Waals surface area contributed by atoms with E-state index in [9.17, 15) is 0 Å². The maximum Gasteiger partial charge on any atom is 0.226 e. The van der Waals surface area contributed by atoms with Gasteiger partial charge in [-0.15, -0.1) is 0 Å². The van der Waals surface area contributed by atoms with Crippen LogP contribution in [0.25, 0.3) is 11.2 Å². The second kappa shape index (κ2) is 5.64. The fourth-order valence-electron chi connectivity index (χ4n) is 1.90. The number of rotatable bonds is 6. The van der Waals surface area contributed by atoms with Gasteiger partial charge in [-0.3, -0.25) is 0 Å². The number of aromatic amines is 1. The third kappa shape index (κ3) is 2.69. The molecule has 0 fully saturated rings. The van der Waals surface area contributed by atoms with Gasteiger partial charge in [0.05, 0.1) is 6.33 Å². The molecule has 0 spiro atoms. The molecule has 0 atom stereocenters. The number of anilines is 2. The van der Waals surface area contributed by atoms with Crippen LogP contribution in [0.15, 0.2) is 6.33 Å². The SMILES string of the molecule is CCCNc1nc(N(C)C(C)(C)CC)c2[nH]cnc2n1. The number of nitrogens with zero attached hydrogens (tertiary/aromatic N) is 4. The van der Waals surface area contributed by atoms with E-state index in [0.717, 1.165) is 30.7 Å². The normalized spacial score (nSPS) is 11.8. The van der Waals surface area contributed by atoms with Crippen molar-refractivity contribution in [2.24, 2.45) is 0 Å². The lowest BCUT2D eigenvalue weighted by molar-refractivity contribution is 0.468. The monoisotopic (exact) mass is 276 g/mol. The van der Waals surface area contributed by atoms with Crippen molar-refractivity contribution in [3.8, 4) is 0 Å². The number of hydrogen-bond acceptors (Lipinski definition) is 5. The van der Waals surface area contributed by atoms with E-state index in [-0.39, 0.29) is 5.54 Å². The molecule has 2 aromatic rings. The van der Waals surface area contributed by atoms with Crippen LogP contribution >= 0.6 is 0 Å². The highest BCUT2D eigenvalue weighted by atomic mass is 15.3. The Labute approximate surface area is 120 Å². The van der Waals surface area contributed by atoms with Crippen LogP contribution in [-0.2, 0) is 0 Å². The first-order valence-electron chi connectivity index (χ1n) is 7.18. The molecular weight excluding hydrogens is 252 g/mol. The average molecular weight is 276 g/mol. The van der Waals surface area contributed by atoms with Crippen LogP contribution in [0.2, 0.25) is 0 Å². The highest BCUT2D eigenvalue weighted by Gasteiger charge is 2.25. The summed E-state index contributed by atoms with van der Waals surface area (Å²) in [7, 11) is 2.07. The molecule has 110 valence electrons. The van der Waals surface area contributed by atoms with Crippen LogP contribution in [0.5, 0.6) is 0 Å². The molecule has 0 bridgehead atoms. The second-order valence-electron chi connectivity index (χ2n) is 5.62. The highest BCUT2D eigenvalue weighted by Crippen LogP contribution is 2.28. The summed E-state index contributed by atoms with van der Waals surface area (Å²) in [5.41, 5.74) is 1.61. The smallest absolute Gasteiger partial charge is 0.226 e. The van der Waals surface area contributed by atoms with Gasteiger partial charge < -0.3 is 15.2 Å². The molecule has 0 radical (unpaired) electrons. The molecule has 0 saturated carbocycles. The topological polar surface area (TPSA) is 69.7 Å². The van der Waals surface area contributed by atoms with E-state index in [2.05, 4.69) is 64.9 Å². The van der Waals surface area contributed by atoms with E-state index < -0.39 is 0 Å². The van der Waals surface area contributed by atoms with Crippen molar-refractivity contribution in [2.45, 2.75) is 46.1 Å². The lowest BCUT2D eigenvalue weighted by atomic mass is 10.00. The highest BCUT2D eigenvalue weighted by molar-refractivity contribution is 5.84. The Morgan fingerprint density at radius 2 is 2.05 bits per heavy atom. The Balaban J connectivity index is 2.47. The fourth-order valence-corrected chi connectivity index (χ4v) is 1.90. The molecule has 2 N–H and O–H groups in total. The number of fused-ring (bicyclic) bond motifs is 1. The zero-order chi connectivity index (χ0) is 14.8. The number of H-pyrrole nitrogens is 1. The lowest BCUT2D eigenvalue weighted by Gasteiger charge is -2.36. The van der Waals surface area contributed by atoms with Gasteiger partial charge in [-0.25, -0.2) is 4.98 Å². The van der Waals surface area contributed by atoms with Crippen molar-refractivity contribution in [3.63, 3.8) is 0 Å². The number of nitrogens with one attached hydrogen (secondary N) is 2. The molecule has 0 saturated heterocycles. The Kier molecular flexibility index (Phi) is 4.11. The van der Waals surface area contributed by atoms with Crippen molar-refractivity contribution < 1.29 is 0 Å². The summed E-state index contributed by atoms with van der Waals surface area (Å²) in [4.78, 5) is 18.7. The average Bonchev–Trinajstić information content (AvgIpc) is 2.91. The third-order valence-electron chi connectivity index (χ3n) is 3.89. The Morgan fingerprint density at radius 3 is 2.70 bits per heavy atom. The molecule has 6 nitrogen and oxygen atoms in total. The van der Waals surface area contributed by atoms with Gasteiger partial charge in [0.15, 0.2) is 11.5 Å². The van der Waals surface area contributed by atoms with E-state index in [1.54, 1.807) is 6.33 Å². The number of imidazole rings is 1. The first kappa shape index (κ1) is 14.6. The molecule has 2 aromatic heterocycles. The summed E-state index contributed by atoms with van der Waals surface area (Å²) in [6, 6.07) is 0. The van der Waals surface area contributed by atoms with E-state index >= 15 is 0 Å². The molecule has 2 rings (SSSR count). The molecule has 0 aliphatic heterocycles. The van der Waals surface area contributed by atoms with Gasteiger partial charge in [0, 0.05) is 19.1 Å². The van der Waals surface area contributed by atoms with Gasteiger partial charge in [0.25, 0.3) is 0 Å². The summed E-state index contributed by atoms with van der Waals surface area (Å²) in [5, 5.41) is 3.24. The minimum atomic E-state index is 0.0222. The maximum absolute atomic E-state index is 4.66. The summed E-state index contributed by atoms with van der Waals surface area (Å²) in [5.74, 6) is 1.53. The predicted octanol–water partition coefficient (Wildman–Crippen LogP) is 2.80. The fraction of sp³-hybridized carbons (Fsp3) is 0.643. The first-order valence-corrected chi connectivity index (χ1v) is 7.18. The molecule has 0 aromatic carbocycles. The van der Waals surface area contributed by atoms with E-state index in [0.29, 0.717) is 11.6 Å². The second-order valence-corrected chi connectivity index (χ2v) is 5.62. The van der Waals surface area contributed by atoms with Crippen LogP contribution in [0.1, 0.15) is 40.5 Å². The van der Waals surface area contributed by atoms with Gasteiger partial charge in [0.2, 0.25) is 5.95 Å². The van der Waals surface area contributed by atoms with Crippen molar-refractivity contribution in [2.75, 3.05) is 23.8 Å². The molecule has 0 aliphatic carbocycles. The van der Waals surface area contributed by atoms with Crippen LogP contribution in [0.3, 0.4) is 0 Å². The Hall–Kier alpha value is -1.85. The largest absolute Gasteiger partial charge is 0.354 e. The standard InChI is InChI=1S/C14H24N6/c1-6-8-15-13-18-11-10(16-9-17-11)12(19-13)20(5)14(3,4)7-2/h9H,6-8H2,1-5H3,(H2,15,16,17,18,19). The Morgan fingerprint density at radius 1 is 1.30 bits per heavy atom. The van der Waals surface area contributed by atoms with E-state index in [1.807, 2.05) is 0 Å². The zero-order valence-corrected chi connectivity index (χ0v) is 13.0. The number of hydrogen-bond donors (Lipinski definition) is 2. The minimum absolute atomic E-state index is 0.0222. The van der Waals surface area contributed by atoms with Crippen LogP contribution in [0, 0.1) is 0 Å². The van der Waals surface area contributed by atoms with E-state index in [1.165, 1.54) is 0 Å². The quantitative estimate of drug-likeness (QED) is 0.849. The summed E-state index contributed by atoms with van der Waals surface area (Å²) in [6.45, 7) is 9.56. The van der Waals surface area contributed by atoms with Crippen LogP contribution in [-0.4, -0.2) is 39.1 Å². The van der Waals surface area contributed by atoms with E-state index in [4.69, 9.17) is 0 Å². The first-order chi connectivity index (χ1) is 9.49. The van der Waals surface area contributed by atoms with Gasteiger partial charge in [-0.2, -0.15) is 9.97 Å². The van der Waals surface area contributed by atoms with Gasteiger partial charge in [-0.05, 0) is 26.7 Å². The summed E-state index contributed by atoms with van der Waals surface area (Å²) >= 11 is 0. The summed E-state index contributed by atoms with van der Waals surface area (Å²) < 4.78 is 0. The lowest BCUT2D eigenvalue weighted by Crippen LogP contribution is -2.41. The Bertz CT molecular complexity index is 574. The molecule has 0 unspecified atom stereocenters. The molecule has 0 amide bonds. The van der Waals surface area contributed by atoms with Crippen molar-refractivity contribution in [1.82, 2.24) is 19.9 Å². The molecule has 6 heteroatoms. The molecule has 0 aliphatic rings. The summed E-state index contributed by atoms with van der Waals surface area (Å²) in [6.07, 6.45) is 3.73. The molecule has 20 heavy (non-hydrogen) atoms. The van der Waals surface area contributed by atoms with Gasteiger partial charge in [0.1, 0.15) is 5.52 Å². The number of aromatic nitrogens is 4. The van der Waals surface area contributed by atoms with Gasteiger partial charge >= 0.3 is 0 Å². The van der Waals surface area contributed by atoms with Gasteiger partial charge in [-0.1, -0.05) is 13.8 Å². The zero-order valence-electron chi connectivity index (χ0n) is 13.0. The van der Waals surface area contributed by atoms with Crippen LogP contribution < -0.4 is 10.2 Å². The van der Waals surface area contributed by atoms with Crippen molar-refractivity contribution in [1.29, 1.82) is 0 Å². The molecular formula is C14H24N6. The third-order valence-corrected chi connectivity index (χ3v) is 3.89. The maximum atomic E-state index is 4.66. The van der Waals surface area contributed by atoms with Crippen molar-refractivity contribution >= 4 is 22.9 Å². The predicted molar refractivity (Wildman–Crippen MR) is 83.2 cm³/mol. The van der Waals surface area contributed by atoms with Crippen LogP contribution in [0.4, 0.5) is 11.8 Å².